The second-order valence-electron chi connectivity index (χ2n) is 7.82. The molecule has 0 saturated carbocycles. The second-order valence-corrected chi connectivity index (χ2v) is 10.5. The van der Waals surface area contributed by atoms with Gasteiger partial charge in [0.15, 0.2) is 5.13 Å². The van der Waals surface area contributed by atoms with E-state index >= 15 is 0 Å². The van der Waals surface area contributed by atoms with Crippen molar-refractivity contribution in [1.29, 1.82) is 0 Å². The number of amides is 1. The first-order chi connectivity index (χ1) is 13.9. The van der Waals surface area contributed by atoms with Gasteiger partial charge in [-0.25, -0.2) is 4.98 Å². The maximum absolute atomic E-state index is 12.9. The Morgan fingerprint density at radius 1 is 1.03 bits per heavy atom. The predicted octanol–water partition coefficient (Wildman–Crippen LogP) is 5.38. The van der Waals surface area contributed by atoms with E-state index in [1.165, 1.54) is 20.7 Å². The Labute approximate surface area is 180 Å². The SMILES string of the molecule is Cc1ccc2sc(N3CCN(C(=O)c4ccc(SC(C)C)cc4)CC3)nc2c1C. The molecule has 0 aliphatic carbocycles. The molecule has 0 spiro atoms. The first kappa shape index (κ1) is 20.2. The fourth-order valence-electron chi connectivity index (χ4n) is 3.58. The van der Waals surface area contributed by atoms with Crippen LogP contribution < -0.4 is 4.90 Å². The summed E-state index contributed by atoms with van der Waals surface area (Å²) >= 11 is 3.57. The summed E-state index contributed by atoms with van der Waals surface area (Å²) in [5, 5.41) is 1.61. The minimum Gasteiger partial charge on any atom is -0.345 e. The topological polar surface area (TPSA) is 36.4 Å². The smallest absolute Gasteiger partial charge is 0.253 e. The van der Waals surface area contributed by atoms with Crippen molar-refractivity contribution >= 4 is 44.4 Å². The summed E-state index contributed by atoms with van der Waals surface area (Å²) in [5.74, 6) is 0.126. The second kappa shape index (κ2) is 8.36. The maximum atomic E-state index is 12.9. The number of nitrogens with zero attached hydrogens (tertiary/aromatic N) is 3. The molecule has 29 heavy (non-hydrogen) atoms. The number of hydrogen-bond acceptors (Lipinski definition) is 5. The summed E-state index contributed by atoms with van der Waals surface area (Å²) in [7, 11) is 0. The Bertz CT molecular complexity index is 1020. The van der Waals surface area contributed by atoms with Crippen LogP contribution in [-0.4, -0.2) is 47.2 Å². The molecule has 2 aromatic carbocycles. The Morgan fingerprint density at radius 3 is 2.38 bits per heavy atom. The molecule has 1 aliphatic rings. The van der Waals surface area contributed by atoms with Crippen molar-refractivity contribution in [1.82, 2.24) is 9.88 Å². The van der Waals surface area contributed by atoms with Crippen molar-refractivity contribution in [3.05, 3.63) is 53.1 Å². The quantitative estimate of drug-likeness (QED) is 0.526. The van der Waals surface area contributed by atoms with Crippen LogP contribution >= 0.6 is 23.1 Å². The van der Waals surface area contributed by atoms with E-state index in [4.69, 9.17) is 4.98 Å². The highest BCUT2D eigenvalue weighted by molar-refractivity contribution is 7.99. The normalized spacial score (nSPS) is 14.8. The van der Waals surface area contributed by atoms with Crippen molar-refractivity contribution in [2.75, 3.05) is 31.1 Å². The molecule has 4 nitrogen and oxygen atoms in total. The number of benzene rings is 2. The van der Waals surface area contributed by atoms with Crippen LogP contribution in [0.4, 0.5) is 5.13 Å². The molecule has 1 aliphatic heterocycles. The first-order valence-corrected chi connectivity index (χ1v) is 11.8. The number of thioether (sulfide) groups is 1. The molecule has 0 unspecified atom stereocenters. The molecule has 6 heteroatoms. The molecule has 3 aromatic rings. The van der Waals surface area contributed by atoms with Gasteiger partial charge in [-0.1, -0.05) is 31.3 Å². The number of aryl methyl sites for hydroxylation is 2. The summed E-state index contributed by atoms with van der Waals surface area (Å²) in [4.78, 5) is 23.3. The van der Waals surface area contributed by atoms with E-state index in [9.17, 15) is 4.79 Å². The van der Waals surface area contributed by atoms with Gasteiger partial charge < -0.3 is 9.80 Å². The minimum atomic E-state index is 0.126. The number of hydrogen-bond donors (Lipinski definition) is 0. The van der Waals surface area contributed by atoms with Gasteiger partial charge in [-0.2, -0.15) is 0 Å². The van der Waals surface area contributed by atoms with E-state index in [-0.39, 0.29) is 5.91 Å². The summed E-state index contributed by atoms with van der Waals surface area (Å²) in [6.07, 6.45) is 0. The summed E-state index contributed by atoms with van der Waals surface area (Å²) in [6.45, 7) is 11.7. The molecule has 2 heterocycles. The van der Waals surface area contributed by atoms with Gasteiger partial charge in [0, 0.05) is 41.9 Å². The van der Waals surface area contributed by atoms with E-state index in [0.717, 1.165) is 42.4 Å². The van der Waals surface area contributed by atoms with E-state index in [0.29, 0.717) is 5.25 Å². The van der Waals surface area contributed by atoms with Gasteiger partial charge in [0.05, 0.1) is 10.2 Å². The molecular weight excluding hydrogens is 398 g/mol. The Balaban J connectivity index is 1.41. The number of anilines is 1. The third kappa shape index (κ3) is 4.28. The molecule has 1 amide bonds. The molecule has 0 bridgehead atoms. The first-order valence-electron chi connectivity index (χ1n) is 10.1. The lowest BCUT2D eigenvalue weighted by Gasteiger charge is -2.34. The lowest BCUT2D eigenvalue weighted by atomic mass is 10.1. The Hall–Kier alpha value is -2.05. The molecule has 1 aromatic heterocycles. The van der Waals surface area contributed by atoms with E-state index in [1.54, 1.807) is 11.3 Å². The van der Waals surface area contributed by atoms with E-state index in [1.807, 2.05) is 28.8 Å². The highest BCUT2D eigenvalue weighted by Crippen LogP contribution is 2.32. The van der Waals surface area contributed by atoms with Crippen LogP contribution in [0.25, 0.3) is 10.2 Å². The van der Waals surface area contributed by atoms with Crippen molar-refractivity contribution in [3.63, 3.8) is 0 Å². The largest absolute Gasteiger partial charge is 0.345 e. The van der Waals surface area contributed by atoms with Gasteiger partial charge in [0.1, 0.15) is 0 Å². The van der Waals surface area contributed by atoms with Crippen LogP contribution in [0.1, 0.15) is 35.3 Å². The van der Waals surface area contributed by atoms with Gasteiger partial charge in [-0.05, 0) is 55.3 Å². The fraction of sp³-hybridized carbons (Fsp3) is 0.391. The zero-order valence-electron chi connectivity index (χ0n) is 17.4. The zero-order chi connectivity index (χ0) is 20.5. The van der Waals surface area contributed by atoms with Crippen LogP contribution in [-0.2, 0) is 0 Å². The number of aromatic nitrogens is 1. The van der Waals surface area contributed by atoms with Crippen LogP contribution in [0.2, 0.25) is 0 Å². The number of thiazole rings is 1. The average molecular weight is 426 g/mol. The van der Waals surface area contributed by atoms with E-state index < -0.39 is 0 Å². The van der Waals surface area contributed by atoms with Gasteiger partial charge in [-0.3, -0.25) is 4.79 Å². The van der Waals surface area contributed by atoms with Gasteiger partial charge in [-0.15, -0.1) is 11.8 Å². The Morgan fingerprint density at radius 2 is 1.72 bits per heavy atom. The molecule has 1 saturated heterocycles. The molecule has 152 valence electrons. The van der Waals surface area contributed by atoms with Crippen molar-refractivity contribution < 1.29 is 4.79 Å². The van der Waals surface area contributed by atoms with Gasteiger partial charge in [0.25, 0.3) is 5.91 Å². The third-order valence-electron chi connectivity index (χ3n) is 5.38. The highest BCUT2D eigenvalue weighted by Gasteiger charge is 2.24. The molecule has 0 N–H and O–H groups in total. The summed E-state index contributed by atoms with van der Waals surface area (Å²) in [6, 6.07) is 12.4. The van der Waals surface area contributed by atoms with Crippen LogP contribution in [0, 0.1) is 13.8 Å². The van der Waals surface area contributed by atoms with Crippen LogP contribution in [0.5, 0.6) is 0 Å². The zero-order valence-corrected chi connectivity index (χ0v) is 19.1. The van der Waals surface area contributed by atoms with E-state index in [2.05, 4.69) is 56.9 Å². The minimum absolute atomic E-state index is 0.126. The molecule has 0 atom stereocenters. The van der Waals surface area contributed by atoms with Gasteiger partial charge in [0.2, 0.25) is 0 Å². The standard InChI is InChI=1S/C23H27N3OS2/c1-15(2)28-19-8-6-18(7-9-19)22(27)25-11-13-26(14-12-25)23-24-21-17(4)16(3)5-10-20(21)29-23/h5-10,15H,11-14H2,1-4H3. The summed E-state index contributed by atoms with van der Waals surface area (Å²) in [5.41, 5.74) is 4.43. The fourth-order valence-corrected chi connectivity index (χ4v) is 5.50. The Kier molecular flexibility index (Phi) is 5.83. The molecular formula is C23H27N3OS2. The van der Waals surface area contributed by atoms with Crippen molar-refractivity contribution in [3.8, 4) is 0 Å². The maximum Gasteiger partial charge on any atom is 0.253 e. The third-order valence-corrected chi connectivity index (χ3v) is 7.48. The molecule has 1 fully saturated rings. The number of carbonyl (C=O) groups is 1. The van der Waals surface area contributed by atoms with Crippen molar-refractivity contribution in [2.45, 2.75) is 37.8 Å². The monoisotopic (exact) mass is 425 g/mol. The lowest BCUT2D eigenvalue weighted by Crippen LogP contribution is -2.48. The number of rotatable bonds is 4. The van der Waals surface area contributed by atoms with Crippen LogP contribution in [0.3, 0.4) is 0 Å². The number of fused-ring (bicyclic) bond motifs is 1. The molecule has 4 rings (SSSR count). The summed E-state index contributed by atoms with van der Waals surface area (Å²) < 4.78 is 1.24. The highest BCUT2D eigenvalue weighted by atomic mass is 32.2. The number of carbonyl (C=O) groups excluding carboxylic acids is 1. The number of piperazine rings is 1. The van der Waals surface area contributed by atoms with Gasteiger partial charge >= 0.3 is 0 Å². The predicted molar refractivity (Wildman–Crippen MR) is 125 cm³/mol. The van der Waals surface area contributed by atoms with Crippen molar-refractivity contribution in [2.24, 2.45) is 0 Å². The van der Waals surface area contributed by atoms with Crippen LogP contribution in [0.15, 0.2) is 41.3 Å². The average Bonchev–Trinajstić information content (AvgIpc) is 3.16. The lowest BCUT2D eigenvalue weighted by molar-refractivity contribution is 0.0746. The molecule has 0 radical (unpaired) electrons.